The van der Waals surface area contributed by atoms with Crippen molar-refractivity contribution in [3.63, 3.8) is 0 Å². The molecule has 0 aliphatic carbocycles. The molecule has 0 saturated carbocycles. The molecule has 0 aromatic heterocycles. The number of rotatable bonds is 4. The lowest BCUT2D eigenvalue weighted by atomic mass is 10.4. The maximum Gasteiger partial charge on any atom is 0.159 e. The molecule has 0 atom stereocenters. The maximum absolute atomic E-state index is 5.31. The van der Waals surface area contributed by atoms with E-state index in [2.05, 4.69) is 6.92 Å². The third kappa shape index (κ3) is 5.47. The summed E-state index contributed by atoms with van der Waals surface area (Å²) in [5, 5.41) is 1.65. The zero-order valence-electron chi connectivity index (χ0n) is 7.29. The first-order valence-electron chi connectivity index (χ1n) is 3.67. The molecule has 0 heterocycles. The lowest BCUT2D eigenvalue weighted by Gasteiger charge is -2.17. The van der Waals surface area contributed by atoms with E-state index in [9.17, 15) is 0 Å². The molecular formula is C7H15NOS2. The Hall–Kier alpha value is 0.200. The maximum atomic E-state index is 5.31. The van der Waals surface area contributed by atoms with E-state index in [-0.39, 0.29) is 0 Å². The zero-order valence-corrected chi connectivity index (χ0v) is 8.93. The second-order valence-corrected chi connectivity index (χ2v) is 3.59. The average molecular weight is 193 g/mol. The summed E-state index contributed by atoms with van der Waals surface area (Å²) < 4.78 is 0.779. The van der Waals surface area contributed by atoms with Gasteiger partial charge in [0.2, 0.25) is 0 Å². The van der Waals surface area contributed by atoms with Gasteiger partial charge in [0.1, 0.15) is 0 Å². The Morgan fingerprint density at radius 3 is 2.73 bits per heavy atom. The van der Waals surface area contributed by atoms with Crippen LogP contribution in [0.15, 0.2) is 0 Å². The van der Waals surface area contributed by atoms with Crippen LogP contribution in [0, 0.1) is 0 Å². The first kappa shape index (κ1) is 11.2. The Morgan fingerprint density at radius 2 is 2.27 bits per heavy atom. The molecule has 2 nitrogen and oxygen atoms in total. The highest BCUT2D eigenvalue weighted by Gasteiger charge is 2.00. The summed E-state index contributed by atoms with van der Waals surface area (Å²) in [7, 11) is 1.84. The van der Waals surface area contributed by atoms with Crippen molar-refractivity contribution in [2.45, 2.75) is 19.8 Å². The standard InChI is InChI=1S/C7H15NOS2/c1-4-5-6-9-8(2)7(10)11-3/h4-6H2,1-3H3. The second-order valence-electron chi connectivity index (χ2n) is 2.15. The molecular weight excluding hydrogens is 178 g/mol. The van der Waals surface area contributed by atoms with Crippen LogP contribution in [0.1, 0.15) is 19.8 Å². The van der Waals surface area contributed by atoms with Gasteiger partial charge in [-0.1, -0.05) is 37.3 Å². The van der Waals surface area contributed by atoms with Gasteiger partial charge in [-0.05, 0) is 12.7 Å². The Labute approximate surface area is 78.2 Å². The highest BCUT2D eigenvalue weighted by atomic mass is 32.2. The Kier molecular flexibility index (Phi) is 7.01. The largest absolute Gasteiger partial charge is 0.272 e. The van der Waals surface area contributed by atoms with E-state index in [1.165, 1.54) is 11.8 Å². The summed E-state index contributed by atoms with van der Waals surface area (Å²) in [6.45, 7) is 2.89. The van der Waals surface area contributed by atoms with E-state index < -0.39 is 0 Å². The topological polar surface area (TPSA) is 12.5 Å². The van der Waals surface area contributed by atoms with Crippen LogP contribution in [-0.4, -0.2) is 29.3 Å². The van der Waals surface area contributed by atoms with Crippen molar-refractivity contribution in [2.75, 3.05) is 19.9 Å². The number of unbranched alkanes of at least 4 members (excludes halogenated alkanes) is 1. The summed E-state index contributed by atoms with van der Waals surface area (Å²) in [6.07, 6.45) is 4.18. The van der Waals surface area contributed by atoms with Crippen molar-refractivity contribution < 1.29 is 4.84 Å². The molecule has 0 saturated heterocycles. The Morgan fingerprint density at radius 1 is 1.64 bits per heavy atom. The van der Waals surface area contributed by atoms with Crippen LogP contribution >= 0.6 is 24.0 Å². The number of hydrogen-bond acceptors (Lipinski definition) is 3. The molecule has 11 heavy (non-hydrogen) atoms. The van der Waals surface area contributed by atoms with Gasteiger partial charge in [-0.3, -0.25) is 4.84 Å². The minimum atomic E-state index is 0.758. The van der Waals surface area contributed by atoms with Crippen LogP contribution < -0.4 is 0 Å². The summed E-state index contributed by atoms with van der Waals surface area (Å²) in [5.74, 6) is 0. The molecule has 0 rings (SSSR count). The van der Waals surface area contributed by atoms with Crippen LogP contribution in [-0.2, 0) is 4.84 Å². The summed E-state index contributed by atoms with van der Waals surface area (Å²) in [5.41, 5.74) is 0. The predicted molar refractivity (Wildman–Crippen MR) is 54.7 cm³/mol. The van der Waals surface area contributed by atoms with E-state index in [4.69, 9.17) is 17.1 Å². The lowest BCUT2D eigenvalue weighted by molar-refractivity contribution is -0.0754. The molecule has 0 aromatic carbocycles. The monoisotopic (exact) mass is 193 g/mol. The van der Waals surface area contributed by atoms with Crippen molar-refractivity contribution in [2.24, 2.45) is 0 Å². The molecule has 0 amide bonds. The van der Waals surface area contributed by atoms with Crippen molar-refractivity contribution in [1.82, 2.24) is 5.06 Å². The summed E-state index contributed by atoms with van der Waals surface area (Å²) in [6, 6.07) is 0. The van der Waals surface area contributed by atoms with Gasteiger partial charge < -0.3 is 0 Å². The fourth-order valence-electron chi connectivity index (χ4n) is 0.527. The van der Waals surface area contributed by atoms with Gasteiger partial charge in [0.25, 0.3) is 0 Å². The Bertz CT molecular complexity index is 119. The molecule has 0 radical (unpaired) electrons. The molecule has 4 heteroatoms. The second kappa shape index (κ2) is 6.88. The smallest absolute Gasteiger partial charge is 0.159 e. The molecule has 0 aliphatic heterocycles. The van der Waals surface area contributed by atoms with Gasteiger partial charge in [-0.15, -0.1) is 0 Å². The number of hydrogen-bond donors (Lipinski definition) is 0. The number of hydroxylamine groups is 2. The fourth-order valence-corrected chi connectivity index (χ4v) is 0.890. The van der Waals surface area contributed by atoms with E-state index in [0.29, 0.717) is 0 Å². The quantitative estimate of drug-likeness (QED) is 0.386. The van der Waals surface area contributed by atoms with E-state index >= 15 is 0 Å². The molecule has 66 valence electrons. The van der Waals surface area contributed by atoms with Gasteiger partial charge in [0, 0.05) is 7.05 Å². The minimum absolute atomic E-state index is 0.758. The van der Waals surface area contributed by atoms with E-state index in [0.717, 1.165) is 23.8 Å². The number of thioether (sulfide) groups is 1. The third-order valence-electron chi connectivity index (χ3n) is 1.21. The average Bonchev–Trinajstić information content (AvgIpc) is 2.03. The van der Waals surface area contributed by atoms with E-state index in [1.54, 1.807) is 5.06 Å². The first-order valence-corrected chi connectivity index (χ1v) is 5.30. The van der Waals surface area contributed by atoms with E-state index in [1.807, 2.05) is 13.3 Å². The van der Waals surface area contributed by atoms with Gasteiger partial charge in [-0.2, -0.15) is 0 Å². The van der Waals surface area contributed by atoms with Crippen LogP contribution in [0.25, 0.3) is 0 Å². The van der Waals surface area contributed by atoms with Crippen LogP contribution in [0.4, 0.5) is 0 Å². The van der Waals surface area contributed by atoms with Gasteiger partial charge in [-0.25, -0.2) is 5.06 Å². The van der Waals surface area contributed by atoms with Crippen LogP contribution in [0.2, 0.25) is 0 Å². The van der Waals surface area contributed by atoms with Crippen molar-refractivity contribution >= 4 is 28.3 Å². The van der Waals surface area contributed by atoms with Gasteiger partial charge in [0.05, 0.1) is 6.61 Å². The Balaban J connectivity index is 3.36. The molecule has 0 bridgehead atoms. The highest BCUT2D eigenvalue weighted by molar-refractivity contribution is 8.22. The third-order valence-corrected chi connectivity index (χ3v) is 2.58. The van der Waals surface area contributed by atoms with Crippen LogP contribution in [0.3, 0.4) is 0 Å². The number of thiocarbonyl (C=S) groups is 1. The lowest BCUT2D eigenvalue weighted by Crippen LogP contribution is -2.22. The molecule has 0 unspecified atom stereocenters. The molecule has 0 spiro atoms. The van der Waals surface area contributed by atoms with Gasteiger partial charge >= 0.3 is 0 Å². The zero-order chi connectivity index (χ0) is 8.69. The molecule has 0 fully saturated rings. The van der Waals surface area contributed by atoms with Crippen molar-refractivity contribution in [3.8, 4) is 0 Å². The SMILES string of the molecule is CCCCON(C)C(=S)SC. The van der Waals surface area contributed by atoms with Crippen molar-refractivity contribution in [1.29, 1.82) is 0 Å². The summed E-state index contributed by atoms with van der Waals surface area (Å²) >= 11 is 6.51. The van der Waals surface area contributed by atoms with Crippen LogP contribution in [0.5, 0.6) is 0 Å². The molecule has 0 aliphatic rings. The first-order chi connectivity index (χ1) is 5.22. The van der Waals surface area contributed by atoms with Gasteiger partial charge in [0.15, 0.2) is 4.32 Å². The predicted octanol–water partition coefficient (Wildman–Crippen LogP) is 2.30. The highest BCUT2D eigenvalue weighted by Crippen LogP contribution is 2.03. The molecule has 0 N–H and O–H groups in total. The minimum Gasteiger partial charge on any atom is -0.272 e. The summed E-state index contributed by atoms with van der Waals surface area (Å²) in [4.78, 5) is 5.31. The normalized spacial score (nSPS) is 9.73. The fraction of sp³-hybridized carbons (Fsp3) is 0.857. The number of nitrogens with zero attached hydrogens (tertiary/aromatic N) is 1. The van der Waals surface area contributed by atoms with Crippen molar-refractivity contribution in [3.05, 3.63) is 0 Å². The molecule has 0 aromatic rings.